The molecule has 0 unspecified atom stereocenters. The summed E-state index contributed by atoms with van der Waals surface area (Å²) in [6.07, 6.45) is -4.62. The third-order valence-corrected chi connectivity index (χ3v) is 4.36. The summed E-state index contributed by atoms with van der Waals surface area (Å²) < 4.78 is 98.4. The summed E-state index contributed by atoms with van der Waals surface area (Å²) in [4.78, 5) is 23.6. The number of aryl methyl sites for hydroxylation is 1. The second kappa shape index (κ2) is 6.92. The minimum absolute atomic E-state index is 0.0278. The highest BCUT2D eigenvalue weighted by Crippen LogP contribution is 2.29. The van der Waals surface area contributed by atoms with Crippen molar-refractivity contribution in [3.8, 4) is 5.69 Å². The molecular formula is C14H9F6N3O4S. The van der Waals surface area contributed by atoms with Gasteiger partial charge in [0.2, 0.25) is 5.43 Å². The summed E-state index contributed by atoms with van der Waals surface area (Å²) in [6.45, 7) is 1.29. The summed E-state index contributed by atoms with van der Waals surface area (Å²) in [5.41, 5.74) is -9.21. The number of alkyl halides is 6. The number of nitrogens with one attached hydrogen (secondary N) is 1. The van der Waals surface area contributed by atoms with Crippen molar-refractivity contribution >= 4 is 15.9 Å². The quantitative estimate of drug-likeness (QED) is 0.754. The summed E-state index contributed by atoms with van der Waals surface area (Å²) in [7, 11) is -6.08. The van der Waals surface area contributed by atoms with E-state index in [0.717, 1.165) is 22.9 Å². The maximum Gasteiger partial charge on any atom is 0.516 e. The van der Waals surface area contributed by atoms with Crippen LogP contribution in [0.25, 0.3) is 5.69 Å². The lowest BCUT2D eigenvalue weighted by Gasteiger charge is -2.13. The summed E-state index contributed by atoms with van der Waals surface area (Å²) in [5, 5.41) is 3.48. The van der Waals surface area contributed by atoms with Gasteiger partial charge in [-0.15, -0.1) is 0 Å². The highest BCUT2D eigenvalue weighted by Gasteiger charge is 2.47. The van der Waals surface area contributed by atoms with Crippen LogP contribution in [0.1, 0.15) is 21.7 Å². The normalized spacial score (nSPS) is 12.7. The Hall–Kier alpha value is -2.90. The van der Waals surface area contributed by atoms with E-state index >= 15 is 0 Å². The first kappa shape index (κ1) is 21.4. The lowest BCUT2D eigenvalue weighted by Crippen LogP contribution is -2.42. The van der Waals surface area contributed by atoms with Gasteiger partial charge in [0, 0.05) is 11.8 Å². The van der Waals surface area contributed by atoms with Crippen LogP contribution in [-0.2, 0) is 16.2 Å². The standard InChI is InChI=1S/C14H9F6N3O4S/c1-7-6-10(24)11(12(25)22-28(26,27)14(18,19)20)21-23(7)9-4-2-8(3-5-9)13(15,16)17/h2-6H,1H3,(H,22,25). The number of rotatable bonds is 3. The molecule has 1 amide bonds. The molecule has 0 aliphatic carbocycles. The Morgan fingerprint density at radius 3 is 2.07 bits per heavy atom. The molecule has 0 saturated carbocycles. The summed E-state index contributed by atoms with van der Waals surface area (Å²) in [6, 6.07) is 4.02. The van der Waals surface area contributed by atoms with Gasteiger partial charge in [-0.3, -0.25) is 9.59 Å². The van der Waals surface area contributed by atoms with E-state index in [9.17, 15) is 44.3 Å². The van der Waals surface area contributed by atoms with E-state index in [1.54, 1.807) is 0 Å². The second-order valence-corrected chi connectivity index (χ2v) is 7.01. The van der Waals surface area contributed by atoms with Crippen molar-refractivity contribution in [2.24, 2.45) is 0 Å². The number of carbonyl (C=O) groups is 1. The average Bonchev–Trinajstić information content (AvgIpc) is 2.52. The number of amides is 1. The third-order valence-electron chi connectivity index (χ3n) is 3.29. The first-order chi connectivity index (χ1) is 12.6. The number of nitrogens with zero attached hydrogens (tertiary/aromatic N) is 2. The smallest absolute Gasteiger partial charge is 0.287 e. The Balaban J connectivity index is 2.48. The number of hydrogen-bond donors (Lipinski definition) is 1. The van der Waals surface area contributed by atoms with Crippen molar-refractivity contribution in [1.82, 2.24) is 14.5 Å². The minimum Gasteiger partial charge on any atom is -0.287 e. The highest BCUT2D eigenvalue weighted by atomic mass is 32.2. The Morgan fingerprint density at radius 2 is 1.61 bits per heavy atom. The maximum atomic E-state index is 12.6. The van der Waals surface area contributed by atoms with Crippen LogP contribution in [0.3, 0.4) is 0 Å². The van der Waals surface area contributed by atoms with E-state index < -0.39 is 44.3 Å². The topological polar surface area (TPSA) is 98.1 Å². The molecule has 0 aliphatic heterocycles. The SMILES string of the molecule is Cc1cc(=O)c(C(=O)NS(=O)(=O)C(F)(F)F)nn1-c1ccc(C(F)(F)F)cc1. The van der Waals surface area contributed by atoms with E-state index in [1.807, 2.05) is 0 Å². The van der Waals surface area contributed by atoms with Gasteiger partial charge in [-0.1, -0.05) is 0 Å². The zero-order valence-electron chi connectivity index (χ0n) is 13.6. The fourth-order valence-electron chi connectivity index (χ4n) is 1.99. The van der Waals surface area contributed by atoms with Crippen LogP contribution in [0.5, 0.6) is 0 Å². The number of aromatic nitrogens is 2. The molecule has 1 heterocycles. The third kappa shape index (κ3) is 4.32. The molecule has 1 aromatic carbocycles. The van der Waals surface area contributed by atoms with Crippen LogP contribution >= 0.6 is 0 Å². The number of sulfonamides is 1. The van der Waals surface area contributed by atoms with Crippen LogP contribution < -0.4 is 10.2 Å². The van der Waals surface area contributed by atoms with Gasteiger partial charge in [0.15, 0.2) is 5.69 Å². The molecule has 0 saturated heterocycles. The van der Waals surface area contributed by atoms with Crippen molar-refractivity contribution in [2.45, 2.75) is 18.6 Å². The summed E-state index contributed by atoms with van der Waals surface area (Å²) in [5.74, 6) is -1.94. The van der Waals surface area contributed by atoms with E-state index in [4.69, 9.17) is 0 Å². The molecule has 1 aromatic heterocycles. The molecule has 0 radical (unpaired) electrons. The van der Waals surface area contributed by atoms with Crippen molar-refractivity contribution in [3.05, 3.63) is 57.5 Å². The Kier molecular flexibility index (Phi) is 5.29. The Morgan fingerprint density at radius 1 is 1.07 bits per heavy atom. The van der Waals surface area contributed by atoms with Gasteiger partial charge in [-0.25, -0.2) is 9.40 Å². The highest BCUT2D eigenvalue weighted by molar-refractivity contribution is 7.90. The molecule has 0 fully saturated rings. The molecule has 7 nitrogen and oxygen atoms in total. The fraction of sp³-hybridized carbons (Fsp3) is 0.214. The molecule has 0 aliphatic rings. The predicted molar refractivity (Wildman–Crippen MR) is 82.0 cm³/mol. The van der Waals surface area contributed by atoms with E-state index in [1.165, 1.54) is 6.92 Å². The predicted octanol–water partition coefficient (Wildman–Crippen LogP) is 2.14. The van der Waals surface area contributed by atoms with E-state index in [2.05, 4.69) is 5.10 Å². The number of benzene rings is 1. The lowest BCUT2D eigenvalue weighted by molar-refractivity contribution is -0.137. The lowest BCUT2D eigenvalue weighted by atomic mass is 10.2. The van der Waals surface area contributed by atoms with Gasteiger partial charge in [0.1, 0.15) is 0 Å². The van der Waals surface area contributed by atoms with Crippen LogP contribution in [0.4, 0.5) is 26.3 Å². The van der Waals surface area contributed by atoms with Crippen molar-refractivity contribution in [1.29, 1.82) is 0 Å². The zero-order valence-corrected chi connectivity index (χ0v) is 14.4. The number of halogens is 6. The molecule has 0 atom stereocenters. The van der Waals surface area contributed by atoms with Gasteiger partial charge >= 0.3 is 21.7 Å². The minimum atomic E-state index is -6.08. The fourth-order valence-corrected chi connectivity index (χ4v) is 2.44. The van der Waals surface area contributed by atoms with Crippen molar-refractivity contribution in [2.75, 3.05) is 0 Å². The average molecular weight is 429 g/mol. The molecule has 28 heavy (non-hydrogen) atoms. The molecule has 2 aromatic rings. The monoisotopic (exact) mass is 429 g/mol. The van der Waals surface area contributed by atoms with Gasteiger partial charge in [0.25, 0.3) is 5.91 Å². The van der Waals surface area contributed by atoms with Crippen molar-refractivity contribution < 1.29 is 39.6 Å². The van der Waals surface area contributed by atoms with Gasteiger partial charge in [-0.2, -0.15) is 39.9 Å². The molecule has 14 heteroatoms. The van der Waals surface area contributed by atoms with Crippen LogP contribution in [0.2, 0.25) is 0 Å². The van der Waals surface area contributed by atoms with Crippen LogP contribution in [0, 0.1) is 6.92 Å². The zero-order chi connectivity index (χ0) is 21.5. The molecule has 152 valence electrons. The van der Waals surface area contributed by atoms with E-state index in [0.29, 0.717) is 16.9 Å². The number of carbonyl (C=O) groups excluding carboxylic acids is 1. The number of hydrogen-bond acceptors (Lipinski definition) is 5. The molecule has 1 N–H and O–H groups in total. The van der Waals surface area contributed by atoms with Crippen LogP contribution in [-0.4, -0.2) is 29.6 Å². The Labute approximate surface area is 152 Å². The first-order valence-electron chi connectivity index (χ1n) is 7.05. The second-order valence-electron chi connectivity index (χ2n) is 5.34. The van der Waals surface area contributed by atoms with Gasteiger partial charge < -0.3 is 0 Å². The van der Waals surface area contributed by atoms with Gasteiger partial charge in [-0.05, 0) is 31.2 Å². The van der Waals surface area contributed by atoms with Crippen LogP contribution in [0.15, 0.2) is 35.1 Å². The Bertz CT molecular complexity index is 1070. The maximum absolute atomic E-state index is 12.6. The molecule has 0 bridgehead atoms. The van der Waals surface area contributed by atoms with Gasteiger partial charge in [0.05, 0.1) is 11.3 Å². The van der Waals surface area contributed by atoms with Crippen molar-refractivity contribution in [3.63, 3.8) is 0 Å². The molecule has 2 rings (SSSR count). The van der Waals surface area contributed by atoms with E-state index in [-0.39, 0.29) is 11.4 Å². The summed E-state index contributed by atoms with van der Waals surface area (Å²) >= 11 is 0. The largest absolute Gasteiger partial charge is 0.516 e. The first-order valence-corrected chi connectivity index (χ1v) is 8.54. The molecular weight excluding hydrogens is 420 g/mol. The molecule has 0 spiro atoms.